The van der Waals surface area contributed by atoms with E-state index in [1.807, 2.05) is 24.3 Å². The van der Waals surface area contributed by atoms with Crippen LogP contribution in [0.5, 0.6) is 0 Å². The SMILES string of the molecule is O=C(NCCN1CCOCC1)c1cccc(C(=O)Nc2ccc(N3CCCCC3)cc2-c2cc(NCc3cccc(C(F)(F)F)c3)ccn2)c1. The first-order valence-corrected chi connectivity index (χ1v) is 17.0. The Hall–Kier alpha value is -4.94. The lowest BCUT2D eigenvalue weighted by atomic mass is 10.0. The van der Waals surface area contributed by atoms with Gasteiger partial charge in [-0.1, -0.05) is 18.2 Å². The maximum absolute atomic E-state index is 13.6. The van der Waals surface area contributed by atoms with Crippen LogP contribution in [0.4, 0.5) is 30.2 Å². The van der Waals surface area contributed by atoms with E-state index in [0.717, 1.165) is 63.4 Å². The zero-order valence-corrected chi connectivity index (χ0v) is 27.8. The number of carbonyl (C=O) groups is 2. The summed E-state index contributed by atoms with van der Waals surface area (Å²) in [6.07, 6.45) is 0.584. The maximum atomic E-state index is 13.6. The lowest BCUT2D eigenvalue weighted by Crippen LogP contribution is -2.41. The third-order valence-electron chi connectivity index (χ3n) is 8.96. The van der Waals surface area contributed by atoms with E-state index in [1.54, 1.807) is 42.6 Å². The standard InChI is InChI=1S/C38H41F3N6O3/c39-38(40,41)30-9-4-6-27(22-30)26-44-31-12-13-42-35(24-31)33-25-32(47-15-2-1-3-16-47)10-11-34(33)45-37(49)29-8-5-7-28(23-29)36(48)43-14-17-46-18-20-50-21-19-46/h4-13,22-25H,1-3,14-21,26H2,(H,42,44)(H,43,48)(H,45,49). The Kier molecular flexibility index (Phi) is 11.3. The Morgan fingerprint density at radius 2 is 1.58 bits per heavy atom. The Morgan fingerprint density at radius 1 is 0.820 bits per heavy atom. The zero-order chi connectivity index (χ0) is 34.9. The van der Waals surface area contributed by atoms with Crippen LogP contribution in [0.15, 0.2) is 85.1 Å². The fourth-order valence-electron chi connectivity index (χ4n) is 6.20. The third kappa shape index (κ3) is 9.19. The molecule has 2 aliphatic rings. The lowest BCUT2D eigenvalue weighted by molar-refractivity contribution is -0.137. The Balaban J connectivity index is 1.19. The maximum Gasteiger partial charge on any atom is 0.416 e. The summed E-state index contributed by atoms with van der Waals surface area (Å²) >= 11 is 0. The van der Waals surface area contributed by atoms with Crippen molar-refractivity contribution in [1.82, 2.24) is 15.2 Å². The summed E-state index contributed by atoms with van der Waals surface area (Å²) in [6, 6.07) is 21.3. The highest BCUT2D eigenvalue weighted by Gasteiger charge is 2.30. The predicted octanol–water partition coefficient (Wildman–Crippen LogP) is 6.68. The van der Waals surface area contributed by atoms with Crippen molar-refractivity contribution in [3.05, 3.63) is 107 Å². The summed E-state index contributed by atoms with van der Waals surface area (Å²) in [7, 11) is 0. The number of nitrogens with zero attached hydrogens (tertiary/aromatic N) is 3. The molecule has 4 aromatic rings. The molecular formula is C38H41F3N6O3. The molecule has 0 aliphatic carbocycles. The smallest absolute Gasteiger partial charge is 0.381 e. The number of amides is 2. The topological polar surface area (TPSA) is 98.8 Å². The van der Waals surface area contributed by atoms with Crippen molar-refractivity contribution in [3.63, 3.8) is 0 Å². The van der Waals surface area contributed by atoms with Gasteiger partial charge in [-0.15, -0.1) is 0 Å². The largest absolute Gasteiger partial charge is 0.416 e. The second-order valence-corrected chi connectivity index (χ2v) is 12.5. The van der Waals surface area contributed by atoms with Gasteiger partial charge in [-0.25, -0.2) is 0 Å². The van der Waals surface area contributed by atoms with E-state index in [0.29, 0.717) is 59.1 Å². The molecular weight excluding hydrogens is 645 g/mol. The van der Waals surface area contributed by atoms with Crippen molar-refractivity contribution in [2.24, 2.45) is 0 Å². The summed E-state index contributed by atoms with van der Waals surface area (Å²) in [6.45, 7) is 6.31. The summed E-state index contributed by atoms with van der Waals surface area (Å²) in [5.41, 5.74) is 4.02. The molecule has 0 spiro atoms. The Morgan fingerprint density at radius 3 is 2.36 bits per heavy atom. The van der Waals surface area contributed by atoms with Gasteiger partial charge in [0.2, 0.25) is 0 Å². The molecule has 3 heterocycles. The Labute approximate surface area is 289 Å². The second kappa shape index (κ2) is 16.2. The molecule has 3 N–H and O–H groups in total. The van der Waals surface area contributed by atoms with Crippen LogP contribution in [0.1, 0.15) is 51.1 Å². The number of aromatic nitrogens is 1. The van der Waals surface area contributed by atoms with Gasteiger partial charge in [0.05, 0.1) is 30.2 Å². The van der Waals surface area contributed by atoms with Crippen LogP contribution in [-0.2, 0) is 17.5 Å². The van der Waals surface area contributed by atoms with E-state index in [2.05, 4.69) is 30.7 Å². The van der Waals surface area contributed by atoms with Gasteiger partial charge >= 0.3 is 6.18 Å². The monoisotopic (exact) mass is 686 g/mol. The second-order valence-electron chi connectivity index (χ2n) is 12.5. The van der Waals surface area contributed by atoms with Gasteiger partial charge in [0.15, 0.2) is 0 Å². The van der Waals surface area contributed by atoms with Gasteiger partial charge < -0.3 is 25.6 Å². The van der Waals surface area contributed by atoms with Crippen molar-refractivity contribution in [2.75, 3.05) is 68.0 Å². The van der Waals surface area contributed by atoms with Crippen LogP contribution in [0.3, 0.4) is 0 Å². The van der Waals surface area contributed by atoms with Crippen molar-refractivity contribution >= 4 is 28.9 Å². The molecule has 3 aromatic carbocycles. The molecule has 2 fully saturated rings. The molecule has 9 nitrogen and oxygen atoms in total. The lowest BCUT2D eigenvalue weighted by Gasteiger charge is -2.29. The average molecular weight is 687 g/mol. The van der Waals surface area contributed by atoms with Crippen molar-refractivity contribution in [3.8, 4) is 11.3 Å². The third-order valence-corrected chi connectivity index (χ3v) is 8.96. The number of halogens is 3. The van der Waals surface area contributed by atoms with Crippen molar-refractivity contribution < 1.29 is 27.5 Å². The quantitative estimate of drug-likeness (QED) is 0.162. The fraction of sp³-hybridized carbons (Fsp3) is 0.342. The summed E-state index contributed by atoms with van der Waals surface area (Å²) < 4.78 is 45.1. The van der Waals surface area contributed by atoms with Crippen LogP contribution in [0.25, 0.3) is 11.3 Å². The number of piperidine rings is 1. The number of alkyl halides is 3. The molecule has 0 unspecified atom stereocenters. The van der Waals surface area contributed by atoms with Gasteiger partial charge in [-0.2, -0.15) is 13.2 Å². The molecule has 0 saturated carbocycles. The van der Waals surface area contributed by atoms with E-state index in [1.165, 1.54) is 12.5 Å². The van der Waals surface area contributed by atoms with E-state index < -0.39 is 11.7 Å². The first kappa shape index (κ1) is 34.9. The number of ether oxygens (including phenoxy) is 1. The van der Waals surface area contributed by atoms with Crippen molar-refractivity contribution in [2.45, 2.75) is 32.0 Å². The first-order chi connectivity index (χ1) is 24.2. The minimum Gasteiger partial charge on any atom is -0.381 e. The summed E-state index contributed by atoms with van der Waals surface area (Å²) in [5, 5.41) is 9.19. The van der Waals surface area contributed by atoms with Gasteiger partial charge in [-0.05, 0) is 85.5 Å². The number of pyridine rings is 1. The van der Waals surface area contributed by atoms with Gasteiger partial charge in [0.25, 0.3) is 11.8 Å². The number of anilines is 3. The number of hydrogen-bond donors (Lipinski definition) is 3. The first-order valence-electron chi connectivity index (χ1n) is 17.0. The highest BCUT2D eigenvalue weighted by Crippen LogP contribution is 2.34. The summed E-state index contributed by atoms with van der Waals surface area (Å²) in [5.74, 6) is -0.628. The van der Waals surface area contributed by atoms with Gasteiger partial charge in [0.1, 0.15) is 0 Å². The molecule has 262 valence electrons. The highest BCUT2D eigenvalue weighted by atomic mass is 19.4. The highest BCUT2D eigenvalue weighted by molar-refractivity contribution is 6.08. The molecule has 0 bridgehead atoms. The normalized spacial score (nSPS) is 15.4. The molecule has 2 amide bonds. The minimum absolute atomic E-state index is 0.182. The number of hydrogen-bond acceptors (Lipinski definition) is 7. The van der Waals surface area contributed by atoms with E-state index in [-0.39, 0.29) is 18.4 Å². The van der Waals surface area contributed by atoms with Crippen molar-refractivity contribution in [1.29, 1.82) is 0 Å². The van der Waals surface area contributed by atoms with Gasteiger partial charge in [-0.3, -0.25) is 19.5 Å². The molecule has 2 aliphatic heterocycles. The number of morpholine rings is 1. The molecule has 6 rings (SSSR count). The fourth-order valence-corrected chi connectivity index (χ4v) is 6.20. The molecule has 0 radical (unpaired) electrons. The predicted molar refractivity (Wildman–Crippen MR) is 188 cm³/mol. The molecule has 50 heavy (non-hydrogen) atoms. The molecule has 12 heteroatoms. The average Bonchev–Trinajstić information content (AvgIpc) is 3.15. The zero-order valence-electron chi connectivity index (χ0n) is 27.8. The van der Waals surface area contributed by atoms with E-state index in [4.69, 9.17) is 4.74 Å². The van der Waals surface area contributed by atoms with E-state index in [9.17, 15) is 22.8 Å². The van der Waals surface area contributed by atoms with E-state index >= 15 is 0 Å². The molecule has 1 aromatic heterocycles. The van der Waals surface area contributed by atoms with Crippen LogP contribution in [0.2, 0.25) is 0 Å². The number of rotatable bonds is 11. The van der Waals surface area contributed by atoms with Crippen LogP contribution in [0, 0.1) is 0 Å². The minimum atomic E-state index is -4.42. The van der Waals surface area contributed by atoms with Crippen LogP contribution < -0.4 is 20.9 Å². The van der Waals surface area contributed by atoms with Crippen LogP contribution >= 0.6 is 0 Å². The number of benzene rings is 3. The van der Waals surface area contributed by atoms with Crippen LogP contribution in [-0.4, -0.2) is 74.2 Å². The molecule has 2 saturated heterocycles. The summed E-state index contributed by atoms with van der Waals surface area (Å²) in [4.78, 5) is 35.7. The van der Waals surface area contributed by atoms with Gasteiger partial charge in [0, 0.05) is 80.1 Å². The number of carbonyl (C=O) groups excluding carboxylic acids is 2. The Bertz CT molecular complexity index is 1790. The number of nitrogens with one attached hydrogen (secondary N) is 3. The molecule has 0 atom stereocenters.